The number of guanidine groups is 1. The van der Waals surface area contributed by atoms with Gasteiger partial charge in [-0.25, -0.2) is 0 Å². The van der Waals surface area contributed by atoms with E-state index in [0.717, 1.165) is 10.0 Å². The minimum atomic E-state index is -0.431. The van der Waals surface area contributed by atoms with Gasteiger partial charge >= 0.3 is 0 Å². The lowest BCUT2D eigenvalue weighted by Gasteiger charge is -1.98. The molecule has 0 saturated heterocycles. The lowest BCUT2D eigenvalue weighted by atomic mass is 10.1. The minimum absolute atomic E-state index is 0.230. The quantitative estimate of drug-likeness (QED) is 0.491. The van der Waals surface area contributed by atoms with Gasteiger partial charge in [0.15, 0.2) is 5.96 Å². The number of carbonyl (C=O) groups is 1. The van der Waals surface area contributed by atoms with E-state index in [2.05, 4.69) is 20.9 Å². The van der Waals surface area contributed by atoms with Crippen LogP contribution in [0.3, 0.4) is 0 Å². The predicted octanol–water partition coefficient (Wildman–Crippen LogP) is 1.65. The molecule has 84 valence electrons. The number of nitrogens with zero attached hydrogens (tertiary/aromatic N) is 1. The van der Waals surface area contributed by atoms with Crippen LogP contribution < -0.4 is 11.5 Å². The van der Waals surface area contributed by atoms with Gasteiger partial charge in [-0.1, -0.05) is 28.1 Å². The maximum absolute atomic E-state index is 11.4. The van der Waals surface area contributed by atoms with Gasteiger partial charge < -0.3 is 11.5 Å². The first kappa shape index (κ1) is 12.4. The topological polar surface area (TPSA) is 81.5 Å². The van der Waals surface area contributed by atoms with Gasteiger partial charge in [0.1, 0.15) is 0 Å². The zero-order valence-corrected chi connectivity index (χ0v) is 10.4. The molecule has 1 amide bonds. The number of nitrogens with two attached hydrogens (primary N) is 2. The summed E-state index contributed by atoms with van der Waals surface area (Å²) in [5.41, 5.74) is 11.6. The summed E-state index contributed by atoms with van der Waals surface area (Å²) in [4.78, 5) is 14.9. The zero-order valence-electron chi connectivity index (χ0n) is 8.77. The molecule has 0 unspecified atom stereocenters. The van der Waals surface area contributed by atoms with Crippen LogP contribution in [0, 0.1) is 0 Å². The molecule has 0 atom stereocenters. The highest BCUT2D eigenvalue weighted by Gasteiger charge is 2.02. The fourth-order valence-electron chi connectivity index (χ4n) is 1.11. The molecule has 0 aliphatic rings. The number of hydrogen-bond acceptors (Lipinski definition) is 1. The Kier molecular flexibility index (Phi) is 4.25. The van der Waals surface area contributed by atoms with Crippen molar-refractivity contribution >= 4 is 33.9 Å². The van der Waals surface area contributed by atoms with Crippen LogP contribution in [0.1, 0.15) is 12.5 Å². The van der Waals surface area contributed by atoms with E-state index in [1.165, 1.54) is 0 Å². The maximum atomic E-state index is 11.4. The second-order valence-corrected chi connectivity index (χ2v) is 4.14. The number of carbonyl (C=O) groups excluding carboxylic acids is 1. The highest BCUT2D eigenvalue weighted by Crippen LogP contribution is 2.14. The standard InChI is InChI=1S/C11H12BrN3O/c1-7(10(16)15-11(13)14)5-8-3-2-4-9(12)6-8/h2-6H,1H3,(H4,13,14,15,16)/b7-5+. The molecule has 4 N–H and O–H groups in total. The van der Waals surface area contributed by atoms with Crippen molar-refractivity contribution in [2.45, 2.75) is 6.92 Å². The summed E-state index contributed by atoms with van der Waals surface area (Å²) in [6.45, 7) is 1.66. The van der Waals surface area contributed by atoms with E-state index in [9.17, 15) is 4.79 Å². The Morgan fingerprint density at radius 1 is 1.44 bits per heavy atom. The van der Waals surface area contributed by atoms with Crippen LogP contribution in [0.2, 0.25) is 0 Å². The molecule has 1 aromatic carbocycles. The van der Waals surface area contributed by atoms with Crippen molar-refractivity contribution in [3.63, 3.8) is 0 Å². The fourth-order valence-corrected chi connectivity index (χ4v) is 1.53. The lowest BCUT2D eigenvalue weighted by molar-refractivity contribution is -0.114. The van der Waals surface area contributed by atoms with Gasteiger partial charge in [0.05, 0.1) is 0 Å². The minimum Gasteiger partial charge on any atom is -0.370 e. The van der Waals surface area contributed by atoms with Crippen LogP contribution >= 0.6 is 15.9 Å². The summed E-state index contributed by atoms with van der Waals surface area (Å²) in [7, 11) is 0. The van der Waals surface area contributed by atoms with Crippen molar-refractivity contribution in [1.82, 2.24) is 0 Å². The van der Waals surface area contributed by atoms with Crippen molar-refractivity contribution in [3.8, 4) is 0 Å². The molecule has 0 aliphatic heterocycles. The van der Waals surface area contributed by atoms with Gasteiger partial charge in [-0.3, -0.25) is 4.79 Å². The van der Waals surface area contributed by atoms with Crippen LogP contribution in [-0.4, -0.2) is 11.9 Å². The summed E-state index contributed by atoms with van der Waals surface area (Å²) in [5, 5.41) is 0. The smallest absolute Gasteiger partial charge is 0.275 e. The van der Waals surface area contributed by atoms with Crippen LogP contribution in [-0.2, 0) is 4.79 Å². The number of amides is 1. The summed E-state index contributed by atoms with van der Waals surface area (Å²) in [6, 6.07) is 7.57. The van der Waals surface area contributed by atoms with Gasteiger partial charge in [-0.2, -0.15) is 4.99 Å². The summed E-state index contributed by atoms with van der Waals surface area (Å²) in [5.74, 6) is -0.660. The molecule has 0 aromatic heterocycles. The SMILES string of the molecule is C/C(=C\c1cccc(Br)c1)C(=O)N=C(N)N. The molecule has 16 heavy (non-hydrogen) atoms. The third kappa shape index (κ3) is 3.86. The molecule has 1 rings (SSSR count). The number of rotatable bonds is 2. The average molecular weight is 282 g/mol. The molecule has 0 radical (unpaired) electrons. The highest BCUT2D eigenvalue weighted by molar-refractivity contribution is 9.10. The molecule has 4 nitrogen and oxygen atoms in total. The molecular formula is C11H12BrN3O. The van der Waals surface area contributed by atoms with Crippen LogP contribution in [0.25, 0.3) is 6.08 Å². The fraction of sp³-hybridized carbons (Fsp3) is 0.0909. The molecule has 0 saturated carbocycles. The zero-order chi connectivity index (χ0) is 12.1. The Hall–Kier alpha value is -1.62. The molecule has 0 spiro atoms. The number of aliphatic imine (C=N–C) groups is 1. The van der Waals surface area contributed by atoms with Crippen molar-refractivity contribution in [2.75, 3.05) is 0 Å². The predicted molar refractivity (Wildman–Crippen MR) is 68.6 cm³/mol. The Labute approximate surface area is 102 Å². The molecule has 5 heteroatoms. The Bertz CT molecular complexity index is 462. The van der Waals surface area contributed by atoms with Gasteiger partial charge in [0.25, 0.3) is 5.91 Å². The third-order valence-corrected chi connectivity index (χ3v) is 2.29. The third-order valence-electron chi connectivity index (χ3n) is 1.80. The van der Waals surface area contributed by atoms with Crippen LogP contribution in [0.5, 0.6) is 0 Å². The van der Waals surface area contributed by atoms with E-state index in [4.69, 9.17) is 11.5 Å². The van der Waals surface area contributed by atoms with Crippen LogP contribution in [0.4, 0.5) is 0 Å². The first-order chi connectivity index (χ1) is 7.49. The first-order valence-electron chi connectivity index (χ1n) is 4.57. The normalized spacial score (nSPS) is 11.0. The van der Waals surface area contributed by atoms with E-state index in [1.807, 2.05) is 24.3 Å². The second kappa shape index (κ2) is 5.46. The molecule has 0 aliphatic carbocycles. The average Bonchev–Trinajstić information content (AvgIpc) is 2.16. The number of halogens is 1. The second-order valence-electron chi connectivity index (χ2n) is 3.22. The lowest BCUT2D eigenvalue weighted by Crippen LogP contribution is -2.24. The van der Waals surface area contributed by atoms with E-state index in [-0.39, 0.29) is 5.96 Å². The highest BCUT2D eigenvalue weighted by atomic mass is 79.9. The van der Waals surface area contributed by atoms with E-state index >= 15 is 0 Å². The van der Waals surface area contributed by atoms with Gasteiger partial charge in [-0.15, -0.1) is 0 Å². The van der Waals surface area contributed by atoms with Crippen molar-refractivity contribution in [1.29, 1.82) is 0 Å². The molecule has 0 fully saturated rings. The largest absolute Gasteiger partial charge is 0.370 e. The molecule has 0 bridgehead atoms. The first-order valence-corrected chi connectivity index (χ1v) is 5.36. The van der Waals surface area contributed by atoms with Crippen molar-refractivity contribution < 1.29 is 4.79 Å². The molecular weight excluding hydrogens is 270 g/mol. The Morgan fingerprint density at radius 3 is 2.69 bits per heavy atom. The summed E-state index contributed by atoms with van der Waals surface area (Å²) < 4.78 is 0.948. The maximum Gasteiger partial charge on any atom is 0.275 e. The summed E-state index contributed by atoms with van der Waals surface area (Å²) in [6.07, 6.45) is 1.72. The van der Waals surface area contributed by atoms with Gasteiger partial charge in [0.2, 0.25) is 0 Å². The van der Waals surface area contributed by atoms with Crippen molar-refractivity contribution in [2.24, 2.45) is 16.5 Å². The van der Waals surface area contributed by atoms with E-state index in [1.54, 1.807) is 13.0 Å². The molecule has 1 aromatic rings. The number of hydrogen-bond donors (Lipinski definition) is 2. The van der Waals surface area contributed by atoms with Crippen molar-refractivity contribution in [3.05, 3.63) is 39.9 Å². The summed E-state index contributed by atoms with van der Waals surface area (Å²) >= 11 is 3.35. The van der Waals surface area contributed by atoms with E-state index < -0.39 is 5.91 Å². The molecule has 0 heterocycles. The number of benzene rings is 1. The Balaban J connectivity index is 2.93. The van der Waals surface area contributed by atoms with Crippen LogP contribution in [0.15, 0.2) is 39.3 Å². The monoisotopic (exact) mass is 281 g/mol. The van der Waals surface area contributed by atoms with Gasteiger partial charge in [-0.05, 0) is 30.7 Å². The van der Waals surface area contributed by atoms with Gasteiger partial charge in [0, 0.05) is 10.0 Å². The Morgan fingerprint density at radius 2 is 2.12 bits per heavy atom. The van der Waals surface area contributed by atoms with E-state index in [0.29, 0.717) is 5.57 Å².